The van der Waals surface area contributed by atoms with Crippen molar-refractivity contribution < 1.29 is 23.1 Å². The maximum absolute atomic E-state index is 12.9. The number of hydrogen-bond acceptors (Lipinski definition) is 7. The summed E-state index contributed by atoms with van der Waals surface area (Å²) in [7, 11) is 3.46. The van der Waals surface area contributed by atoms with E-state index in [1.54, 1.807) is 6.07 Å². The summed E-state index contributed by atoms with van der Waals surface area (Å²) in [6.45, 7) is 6.20. The number of nitrogens with one attached hydrogen (secondary N) is 2. The van der Waals surface area contributed by atoms with Crippen molar-refractivity contribution in [2.75, 3.05) is 24.4 Å². The highest BCUT2D eigenvalue weighted by Gasteiger charge is 2.58. The third-order valence-corrected chi connectivity index (χ3v) is 5.47. The first-order valence-corrected chi connectivity index (χ1v) is 11.1. The van der Waals surface area contributed by atoms with Crippen molar-refractivity contribution >= 4 is 24.0 Å². The van der Waals surface area contributed by atoms with Gasteiger partial charge in [-0.1, -0.05) is 26.3 Å². The lowest BCUT2D eigenvalue weighted by Gasteiger charge is -2.29. The van der Waals surface area contributed by atoms with Crippen LogP contribution in [-0.4, -0.2) is 59.4 Å². The molecule has 2 N–H and O–H groups in total. The van der Waals surface area contributed by atoms with Gasteiger partial charge in [0.2, 0.25) is 12.3 Å². The van der Waals surface area contributed by atoms with Crippen LogP contribution in [0, 0.1) is 6.92 Å². The number of aromatic nitrogens is 3. The fraction of sp³-hybridized carbons (Fsp3) is 0.522. The third kappa shape index (κ3) is 7.32. The van der Waals surface area contributed by atoms with Crippen LogP contribution in [0.5, 0.6) is 5.88 Å². The van der Waals surface area contributed by atoms with Gasteiger partial charge in [0.05, 0.1) is 13.2 Å². The van der Waals surface area contributed by atoms with Gasteiger partial charge in [-0.2, -0.15) is 0 Å². The molecule has 0 saturated heterocycles. The number of aryl methyl sites for hydroxylation is 1. The Bertz CT molecular complexity index is 975. The summed E-state index contributed by atoms with van der Waals surface area (Å²) in [6, 6.07) is 4.22. The number of amides is 2. The Hall–Kier alpha value is -3.37. The fourth-order valence-electron chi connectivity index (χ4n) is 3.37. The molecule has 11 heteroatoms. The molecule has 0 aromatic carbocycles. The molecule has 0 aliphatic heterocycles. The number of nitrogens with zero attached hydrogens (tertiary/aromatic N) is 4. The van der Waals surface area contributed by atoms with E-state index in [1.807, 2.05) is 20.0 Å². The molecule has 2 unspecified atom stereocenters. The average molecular weight is 479 g/mol. The Morgan fingerprint density at radius 1 is 1.35 bits per heavy atom. The van der Waals surface area contributed by atoms with E-state index in [9.17, 15) is 18.4 Å². The van der Waals surface area contributed by atoms with E-state index in [4.69, 9.17) is 4.74 Å². The average Bonchev–Trinajstić information content (AvgIpc) is 3.43. The predicted octanol–water partition coefficient (Wildman–Crippen LogP) is 3.60. The maximum atomic E-state index is 12.9. The topological polar surface area (TPSA) is 109 Å². The Morgan fingerprint density at radius 2 is 2.06 bits per heavy atom. The second-order valence-electron chi connectivity index (χ2n) is 8.00. The van der Waals surface area contributed by atoms with Crippen LogP contribution >= 0.6 is 0 Å². The smallest absolute Gasteiger partial charge is 0.270 e. The van der Waals surface area contributed by atoms with E-state index in [0.29, 0.717) is 24.1 Å². The molecule has 1 saturated carbocycles. The molecule has 0 bridgehead atoms. The van der Waals surface area contributed by atoms with Crippen molar-refractivity contribution in [3.05, 3.63) is 35.8 Å². The molecule has 0 radical (unpaired) electrons. The van der Waals surface area contributed by atoms with E-state index in [1.165, 1.54) is 19.5 Å². The number of carbonyl (C=O) groups excluding carboxylic acids is 2. The first-order chi connectivity index (χ1) is 16.2. The normalized spacial score (nSPS) is 16.4. The molecule has 186 valence electrons. The number of pyridine rings is 1. The van der Waals surface area contributed by atoms with Crippen LogP contribution in [0.2, 0.25) is 0 Å². The number of carbonyl (C=O) groups is 2. The van der Waals surface area contributed by atoms with Gasteiger partial charge in [-0.25, -0.2) is 23.7 Å². The van der Waals surface area contributed by atoms with Gasteiger partial charge < -0.3 is 20.3 Å². The van der Waals surface area contributed by atoms with E-state index in [-0.39, 0.29) is 12.1 Å². The molecular weight excluding hydrogens is 446 g/mol. The Labute approximate surface area is 198 Å². The number of rotatable bonds is 10. The van der Waals surface area contributed by atoms with Gasteiger partial charge in [-0.15, -0.1) is 0 Å². The summed E-state index contributed by atoms with van der Waals surface area (Å²) < 4.78 is 30.7. The summed E-state index contributed by atoms with van der Waals surface area (Å²) in [5, 5.41) is 4.72. The molecule has 34 heavy (non-hydrogen) atoms. The second-order valence-corrected chi connectivity index (χ2v) is 8.00. The molecule has 2 aromatic heterocycles. The van der Waals surface area contributed by atoms with Crippen LogP contribution in [0.4, 0.5) is 20.4 Å². The van der Waals surface area contributed by atoms with E-state index >= 15 is 0 Å². The van der Waals surface area contributed by atoms with Gasteiger partial charge in [0.25, 0.3) is 11.8 Å². The zero-order valence-corrected chi connectivity index (χ0v) is 20.1. The molecule has 2 atom stereocenters. The summed E-state index contributed by atoms with van der Waals surface area (Å²) in [5.74, 6) is -1.73. The van der Waals surface area contributed by atoms with Gasteiger partial charge in [-0.05, 0) is 31.4 Å². The SMILES string of the molecule is CCCC(CC)N(C)c1nc(C(=O)NC2CC2(F)F)ccc1C.COc1cc(NC=O)ncn1. The minimum Gasteiger partial charge on any atom is -0.481 e. The standard InChI is InChI=1S/C17H25F2N3O.C6H7N3O2/c1-5-7-12(6-2)22(4)15-11(3)8-9-13(20-15)16(23)21-14-10-17(14,18)19;1-11-6-2-5(9-4-10)7-3-8-6/h8-9,12,14H,5-7,10H2,1-4H3,(H,21,23);2-4H,1H3,(H,7,8,9,10). The monoisotopic (exact) mass is 478 g/mol. The predicted molar refractivity (Wildman–Crippen MR) is 125 cm³/mol. The van der Waals surface area contributed by atoms with Gasteiger partial charge in [0.15, 0.2) is 0 Å². The zero-order chi connectivity index (χ0) is 25.3. The number of alkyl halides is 2. The van der Waals surface area contributed by atoms with Crippen LogP contribution in [-0.2, 0) is 4.79 Å². The first-order valence-electron chi connectivity index (χ1n) is 11.1. The quantitative estimate of drug-likeness (QED) is 0.502. The highest BCUT2D eigenvalue weighted by atomic mass is 19.3. The van der Waals surface area contributed by atoms with Crippen molar-refractivity contribution in [2.24, 2.45) is 0 Å². The van der Waals surface area contributed by atoms with Crippen molar-refractivity contribution in [1.82, 2.24) is 20.3 Å². The Morgan fingerprint density at radius 3 is 2.62 bits per heavy atom. The molecule has 3 rings (SSSR count). The van der Waals surface area contributed by atoms with Crippen molar-refractivity contribution in [3.8, 4) is 5.88 Å². The zero-order valence-electron chi connectivity index (χ0n) is 20.1. The van der Waals surface area contributed by atoms with E-state index in [0.717, 1.165) is 30.6 Å². The highest BCUT2D eigenvalue weighted by molar-refractivity contribution is 5.93. The largest absolute Gasteiger partial charge is 0.481 e. The number of ether oxygens (including phenoxy) is 1. The maximum Gasteiger partial charge on any atom is 0.270 e. The van der Waals surface area contributed by atoms with Gasteiger partial charge >= 0.3 is 0 Å². The lowest BCUT2D eigenvalue weighted by Crippen LogP contribution is -2.34. The van der Waals surface area contributed by atoms with Crippen LogP contribution in [0.3, 0.4) is 0 Å². The van der Waals surface area contributed by atoms with Gasteiger partial charge in [0, 0.05) is 25.6 Å². The number of hydrogen-bond donors (Lipinski definition) is 2. The van der Waals surface area contributed by atoms with E-state index < -0.39 is 17.9 Å². The van der Waals surface area contributed by atoms with Crippen molar-refractivity contribution in [1.29, 1.82) is 0 Å². The van der Waals surface area contributed by atoms with Gasteiger partial charge in [0.1, 0.15) is 23.7 Å². The van der Waals surface area contributed by atoms with Crippen LogP contribution < -0.4 is 20.3 Å². The molecule has 1 fully saturated rings. The van der Waals surface area contributed by atoms with E-state index in [2.05, 4.69) is 44.3 Å². The van der Waals surface area contributed by atoms with Crippen LogP contribution in [0.25, 0.3) is 0 Å². The molecule has 9 nitrogen and oxygen atoms in total. The lowest BCUT2D eigenvalue weighted by atomic mass is 10.1. The van der Waals surface area contributed by atoms with Crippen LogP contribution in [0.1, 0.15) is 55.6 Å². The Kier molecular flexibility index (Phi) is 9.64. The summed E-state index contributed by atoms with van der Waals surface area (Å²) in [5.41, 5.74) is 1.15. The molecule has 2 amide bonds. The highest BCUT2D eigenvalue weighted by Crippen LogP contribution is 2.41. The number of halogens is 2. The molecule has 1 aliphatic rings. The summed E-state index contributed by atoms with van der Waals surface area (Å²) in [4.78, 5) is 36.1. The lowest BCUT2D eigenvalue weighted by molar-refractivity contribution is -0.105. The van der Waals surface area contributed by atoms with Gasteiger partial charge in [-0.3, -0.25) is 9.59 Å². The Balaban J connectivity index is 0.000000310. The molecule has 0 spiro atoms. The summed E-state index contributed by atoms with van der Waals surface area (Å²) >= 11 is 0. The summed E-state index contributed by atoms with van der Waals surface area (Å²) in [6.07, 6.45) is 4.66. The minimum atomic E-state index is -2.77. The number of methoxy groups -OCH3 is 1. The molecule has 1 aliphatic carbocycles. The second kappa shape index (κ2) is 12.2. The fourth-order valence-corrected chi connectivity index (χ4v) is 3.37. The van der Waals surface area contributed by atoms with Crippen LogP contribution in [0.15, 0.2) is 24.5 Å². The third-order valence-electron chi connectivity index (χ3n) is 5.47. The van der Waals surface area contributed by atoms with Crippen molar-refractivity contribution in [3.63, 3.8) is 0 Å². The molecule has 2 aromatic rings. The number of anilines is 2. The minimum absolute atomic E-state index is 0.187. The van der Waals surface area contributed by atoms with Crippen molar-refractivity contribution in [2.45, 2.75) is 64.5 Å². The molecular formula is C23H32F2N6O3. The first kappa shape index (κ1) is 26.9. The molecule has 2 heterocycles.